The molecule has 6 heteroatoms. The highest BCUT2D eigenvalue weighted by atomic mass is 32.2. The number of rotatable bonds is 2. The summed E-state index contributed by atoms with van der Waals surface area (Å²) in [6, 6.07) is 10.1. The van der Waals surface area contributed by atoms with Gasteiger partial charge in [-0.2, -0.15) is 0 Å². The zero-order valence-corrected chi connectivity index (χ0v) is 14.9. The number of pyridine rings is 1. The van der Waals surface area contributed by atoms with Gasteiger partial charge in [-0.15, -0.1) is 0 Å². The molecular formula is C19H18FNO3S. The smallest absolute Gasteiger partial charge is 0.211 e. The molecule has 0 atom stereocenters. The normalized spacial score (nSPS) is 12.5. The Morgan fingerprint density at radius 3 is 2.24 bits per heavy atom. The molecule has 0 saturated carbocycles. The van der Waals surface area contributed by atoms with Gasteiger partial charge in [0.05, 0.1) is 4.90 Å². The van der Waals surface area contributed by atoms with Gasteiger partial charge in [-0.3, -0.25) is 4.79 Å². The van der Waals surface area contributed by atoms with Crippen molar-refractivity contribution in [1.29, 1.82) is 0 Å². The number of hydrogen-bond acceptors (Lipinski definition) is 3. The van der Waals surface area contributed by atoms with Crippen molar-refractivity contribution in [1.82, 2.24) is 4.98 Å². The maximum absolute atomic E-state index is 13.4. The Hall–Kier alpha value is -2.47. The zero-order valence-electron chi connectivity index (χ0n) is 14.1. The Labute approximate surface area is 145 Å². The highest BCUT2D eigenvalue weighted by Crippen LogP contribution is 2.25. The lowest BCUT2D eigenvalue weighted by molar-refractivity contribution is 0.586. The Kier molecular flexibility index (Phi) is 4.03. The molecule has 0 unspecified atom stereocenters. The average molecular weight is 359 g/mol. The summed E-state index contributed by atoms with van der Waals surface area (Å²) >= 11 is 0. The summed E-state index contributed by atoms with van der Waals surface area (Å²) in [6.07, 6.45) is 1.16. The minimum absolute atomic E-state index is 0.00684. The van der Waals surface area contributed by atoms with E-state index >= 15 is 0 Å². The van der Waals surface area contributed by atoms with E-state index in [0.717, 1.165) is 17.8 Å². The number of fused-ring (bicyclic) bond motifs is 1. The number of H-pyrrole nitrogens is 1. The van der Waals surface area contributed by atoms with Crippen LogP contribution in [0.3, 0.4) is 0 Å². The van der Waals surface area contributed by atoms with Crippen molar-refractivity contribution in [3.05, 3.63) is 70.3 Å². The number of aromatic nitrogens is 1. The topological polar surface area (TPSA) is 67.0 Å². The lowest BCUT2D eigenvalue weighted by atomic mass is 9.87. The van der Waals surface area contributed by atoms with Gasteiger partial charge in [0.2, 0.25) is 15.3 Å². The predicted octanol–water partition coefficient (Wildman–Crippen LogP) is 3.80. The van der Waals surface area contributed by atoms with E-state index in [0.29, 0.717) is 5.52 Å². The van der Waals surface area contributed by atoms with Crippen LogP contribution < -0.4 is 5.43 Å². The minimum Gasteiger partial charge on any atom is -0.360 e. The van der Waals surface area contributed by atoms with Crippen molar-refractivity contribution in [3.8, 4) is 0 Å². The van der Waals surface area contributed by atoms with Gasteiger partial charge in [-0.1, -0.05) is 32.9 Å². The molecule has 0 aliphatic heterocycles. The van der Waals surface area contributed by atoms with Crippen LogP contribution in [0.1, 0.15) is 26.3 Å². The maximum Gasteiger partial charge on any atom is 0.211 e. The van der Waals surface area contributed by atoms with Crippen LogP contribution in [-0.4, -0.2) is 13.4 Å². The van der Waals surface area contributed by atoms with Crippen LogP contribution in [0.5, 0.6) is 0 Å². The summed E-state index contributed by atoms with van der Waals surface area (Å²) in [5.74, 6) is -0.595. The predicted molar refractivity (Wildman–Crippen MR) is 95.1 cm³/mol. The molecule has 0 aliphatic rings. The Morgan fingerprint density at radius 1 is 1.00 bits per heavy atom. The highest BCUT2D eigenvalue weighted by molar-refractivity contribution is 7.91. The van der Waals surface area contributed by atoms with Crippen LogP contribution >= 0.6 is 0 Å². The Morgan fingerprint density at radius 2 is 1.64 bits per heavy atom. The fraction of sp³-hybridized carbons (Fsp3) is 0.211. The zero-order chi connectivity index (χ0) is 18.4. The molecule has 130 valence electrons. The van der Waals surface area contributed by atoms with Gasteiger partial charge in [-0.25, -0.2) is 12.8 Å². The lowest BCUT2D eigenvalue weighted by Gasteiger charge is -2.19. The molecule has 25 heavy (non-hydrogen) atoms. The summed E-state index contributed by atoms with van der Waals surface area (Å²) in [4.78, 5) is 14.9. The van der Waals surface area contributed by atoms with E-state index in [1.807, 2.05) is 20.8 Å². The molecule has 4 nitrogen and oxygen atoms in total. The molecule has 3 aromatic rings. The third-order valence-corrected chi connectivity index (χ3v) is 5.90. The number of aromatic amines is 1. The molecular weight excluding hydrogens is 341 g/mol. The van der Waals surface area contributed by atoms with Crippen molar-refractivity contribution >= 4 is 20.7 Å². The Balaban J connectivity index is 2.16. The minimum atomic E-state index is -4.00. The molecule has 0 radical (unpaired) electrons. The molecule has 1 N–H and O–H groups in total. The van der Waals surface area contributed by atoms with Gasteiger partial charge in [0.25, 0.3) is 0 Å². The van der Waals surface area contributed by atoms with E-state index in [9.17, 15) is 17.6 Å². The van der Waals surface area contributed by atoms with Crippen molar-refractivity contribution in [2.75, 3.05) is 0 Å². The first-order chi connectivity index (χ1) is 11.6. The molecule has 2 aromatic carbocycles. The van der Waals surface area contributed by atoms with Crippen molar-refractivity contribution in [3.63, 3.8) is 0 Å². The second kappa shape index (κ2) is 5.81. The summed E-state index contributed by atoms with van der Waals surface area (Å²) < 4.78 is 39.1. The third-order valence-electron chi connectivity index (χ3n) is 4.13. The third kappa shape index (κ3) is 3.09. The van der Waals surface area contributed by atoms with E-state index in [-0.39, 0.29) is 15.7 Å². The summed E-state index contributed by atoms with van der Waals surface area (Å²) in [5.41, 5.74) is 0.544. The van der Waals surface area contributed by atoms with Crippen LogP contribution in [0, 0.1) is 5.82 Å². The van der Waals surface area contributed by atoms with E-state index in [1.165, 1.54) is 24.3 Å². The fourth-order valence-corrected chi connectivity index (χ4v) is 3.95. The number of sulfone groups is 1. The van der Waals surface area contributed by atoms with Gasteiger partial charge in [0.15, 0.2) is 0 Å². The van der Waals surface area contributed by atoms with Gasteiger partial charge in [-0.05, 0) is 41.3 Å². The maximum atomic E-state index is 13.4. The van der Waals surface area contributed by atoms with Crippen molar-refractivity contribution in [2.45, 2.75) is 36.0 Å². The second-order valence-corrected chi connectivity index (χ2v) is 8.87. The van der Waals surface area contributed by atoms with E-state index < -0.39 is 26.0 Å². The van der Waals surface area contributed by atoms with Crippen LogP contribution in [0.2, 0.25) is 0 Å². The number of nitrogens with one attached hydrogen (secondary N) is 1. The number of benzene rings is 2. The van der Waals surface area contributed by atoms with E-state index in [2.05, 4.69) is 4.98 Å². The van der Waals surface area contributed by atoms with E-state index in [1.54, 1.807) is 12.1 Å². The molecule has 0 spiro atoms. The largest absolute Gasteiger partial charge is 0.360 e. The molecule has 0 fully saturated rings. The first kappa shape index (κ1) is 17.4. The van der Waals surface area contributed by atoms with E-state index in [4.69, 9.17) is 0 Å². The molecule has 1 aromatic heterocycles. The molecule has 0 aliphatic carbocycles. The highest BCUT2D eigenvalue weighted by Gasteiger charge is 2.23. The summed E-state index contributed by atoms with van der Waals surface area (Å²) in [6.45, 7) is 6.08. The van der Waals surface area contributed by atoms with Crippen LogP contribution in [0.4, 0.5) is 4.39 Å². The average Bonchev–Trinajstić information content (AvgIpc) is 2.55. The fourth-order valence-electron chi connectivity index (χ4n) is 2.63. The van der Waals surface area contributed by atoms with Crippen LogP contribution in [0.15, 0.2) is 63.2 Å². The van der Waals surface area contributed by atoms with Gasteiger partial charge in [0.1, 0.15) is 10.7 Å². The van der Waals surface area contributed by atoms with Gasteiger partial charge in [0, 0.05) is 17.1 Å². The molecule has 0 amide bonds. The Bertz CT molecular complexity index is 1110. The molecule has 0 bridgehead atoms. The standard InChI is InChI=1S/C19H18FNO3S/c1-19(2,3)12-4-7-14(8-5-12)25(23,24)17-11-21-16-9-6-13(20)10-15(16)18(17)22/h4-11H,1-3H3,(H,21,22). The van der Waals surface area contributed by atoms with Crippen LogP contribution in [0.25, 0.3) is 10.9 Å². The van der Waals surface area contributed by atoms with Gasteiger partial charge >= 0.3 is 0 Å². The van der Waals surface area contributed by atoms with Gasteiger partial charge < -0.3 is 4.98 Å². The SMILES string of the molecule is CC(C)(C)c1ccc(S(=O)(=O)c2c[nH]c3ccc(F)cc3c2=O)cc1. The molecule has 1 heterocycles. The van der Waals surface area contributed by atoms with Crippen molar-refractivity contribution in [2.24, 2.45) is 0 Å². The first-order valence-corrected chi connectivity index (χ1v) is 9.25. The number of halogens is 1. The number of hydrogen-bond donors (Lipinski definition) is 1. The lowest BCUT2D eigenvalue weighted by Crippen LogP contribution is -2.17. The first-order valence-electron chi connectivity index (χ1n) is 7.77. The quantitative estimate of drug-likeness (QED) is 0.757. The molecule has 3 rings (SSSR count). The molecule has 0 saturated heterocycles. The summed E-state index contributed by atoms with van der Waals surface area (Å²) in [5, 5.41) is 0.00684. The second-order valence-electron chi connectivity index (χ2n) is 6.95. The summed E-state index contributed by atoms with van der Waals surface area (Å²) in [7, 11) is -4.00. The van der Waals surface area contributed by atoms with Crippen LogP contribution in [-0.2, 0) is 15.3 Å². The monoisotopic (exact) mass is 359 g/mol. The van der Waals surface area contributed by atoms with Crippen molar-refractivity contribution < 1.29 is 12.8 Å².